The summed E-state index contributed by atoms with van der Waals surface area (Å²) < 4.78 is 2.35. The summed E-state index contributed by atoms with van der Waals surface area (Å²) in [5.41, 5.74) is 9.51. The van der Waals surface area contributed by atoms with Crippen molar-refractivity contribution in [2.24, 2.45) is 5.41 Å². The molecule has 0 bridgehead atoms. The second-order valence-corrected chi connectivity index (χ2v) is 10.4. The lowest BCUT2D eigenvalue weighted by Gasteiger charge is -2.21. The normalized spacial score (nSPS) is 13.1. The molecule has 4 rings (SSSR count). The van der Waals surface area contributed by atoms with E-state index >= 15 is 0 Å². The van der Waals surface area contributed by atoms with Gasteiger partial charge in [-0.05, 0) is 67.1 Å². The van der Waals surface area contributed by atoms with E-state index in [1.165, 1.54) is 22.3 Å². The van der Waals surface area contributed by atoms with Gasteiger partial charge < -0.3 is 0 Å². The van der Waals surface area contributed by atoms with Crippen molar-refractivity contribution < 1.29 is 0 Å². The standard InChI is InChI=1S/C25H31N3/c1-15-11-20-21(12-16(15)2)28-17(14-24(3,4)5)13-19-18(23(28)27-20)9-10-22(26-19)25(6,7)8/h9-13H,14H2,1-8H3. The van der Waals surface area contributed by atoms with Gasteiger partial charge in [0.15, 0.2) is 0 Å². The van der Waals surface area contributed by atoms with Crippen LogP contribution in [0.15, 0.2) is 30.3 Å². The van der Waals surface area contributed by atoms with Crippen molar-refractivity contribution >= 4 is 27.6 Å². The maximum Gasteiger partial charge on any atom is 0.147 e. The average molecular weight is 374 g/mol. The zero-order valence-electron chi connectivity index (χ0n) is 18.4. The zero-order valence-corrected chi connectivity index (χ0v) is 18.4. The monoisotopic (exact) mass is 373 g/mol. The highest BCUT2D eigenvalue weighted by Crippen LogP contribution is 2.32. The molecule has 0 aliphatic carbocycles. The van der Waals surface area contributed by atoms with Crippen LogP contribution in [-0.2, 0) is 11.8 Å². The van der Waals surface area contributed by atoms with Gasteiger partial charge in [-0.1, -0.05) is 41.5 Å². The predicted molar refractivity (Wildman–Crippen MR) is 119 cm³/mol. The lowest BCUT2D eigenvalue weighted by molar-refractivity contribution is 0.405. The molecule has 3 nitrogen and oxygen atoms in total. The minimum absolute atomic E-state index is 0.0267. The van der Waals surface area contributed by atoms with Crippen LogP contribution in [-0.4, -0.2) is 14.4 Å². The van der Waals surface area contributed by atoms with Gasteiger partial charge in [0.2, 0.25) is 0 Å². The van der Waals surface area contributed by atoms with Crippen LogP contribution in [0.1, 0.15) is 64.1 Å². The Labute approximate surface area is 167 Å². The van der Waals surface area contributed by atoms with E-state index in [9.17, 15) is 0 Å². The van der Waals surface area contributed by atoms with Gasteiger partial charge in [0.25, 0.3) is 0 Å². The van der Waals surface area contributed by atoms with E-state index in [1.54, 1.807) is 0 Å². The summed E-state index contributed by atoms with van der Waals surface area (Å²) in [6.45, 7) is 17.8. The molecule has 0 aliphatic rings. The minimum Gasteiger partial charge on any atom is -0.296 e. The first kappa shape index (κ1) is 18.9. The maximum atomic E-state index is 5.05. The van der Waals surface area contributed by atoms with Crippen LogP contribution in [0.25, 0.3) is 27.6 Å². The molecule has 3 heteroatoms. The molecule has 0 unspecified atom stereocenters. The number of nitrogens with zero attached hydrogens (tertiary/aromatic N) is 3. The fourth-order valence-electron chi connectivity index (χ4n) is 3.89. The summed E-state index contributed by atoms with van der Waals surface area (Å²) in [5, 5.41) is 1.12. The molecule has 28 heavy (non-hydrogen) atoms. The first-order valence-corrected chi connectivity index (χ1v) is 10.2. The van der Waals surface area contributed by atoms with Crippen molar-refractivity contribution in [3.63, 3.8) is 0 Å². The predicted octanol–water partition coefficient (Wildman–Crippen LogP) is 6.54. The van der Waals surface area contributed by atoms with Gasteiger partial charge in [-0.25, -0.2) is 4.98 Å². The van der Waals surface area contributed by atoms with Crippen LogP contribution < -0.4 is 0 Å². The number of rotatable bonds is 1. The Hall–Kier alpha value is -2.42. The second kappa shape index (κ2) is 6.04. The third kappa shape index (κ3) is 3.17. The average Bonchev–Trinajstić information content (AvgIpc) is 2.91. The van der Waals surface area contributed by atoms with Crippen LogP contribution >= 0.6 is 0 Å². The lowest BCUT2D eigenvalue weighted by atomic mass is 9.89. The van der Waals surface area contributed by atoms with E-state index < -0.39 is 0 Å². The van der Waals surface area contributed by atoms with Crippen molar-refractivity contribution in [1.29, 1.82) is 0 Å². The highest BCUT2D eigenvalue weighted by molar-refractivity contribution is 5.97. The molecule has 0 amide bonds. The molecule has 3 aromatic heterocycles. The van der Waals surface area contributed by atoms with Crippen LogP contribution in [0.4, 0.5) is 0 Å². The van der Waals surface area contributed by atoms with Crippen molar-refractivity contribution in [2.75, 3.05) is 0 Å². The van der Waals surface area contributed by atoms with Gasteiger partial charge in [0.05, 0.1) is 16.6 Å². The summed E-state index contributed by atoms with van der Waals surface area (Å²) in [5.74, 6) is 0. The van der Waals surface area contributed by atoms with Crippen LogP contribution in [0.2, 0.25) is 0 Å². The van der Waals surface area contributed by atoms with E-state index in [4.69, 9.17) is 9.97 Å². The highest BCUT2D eigenvalue weighted by atomic mass is 15.0. The second-order valence-electron chi connectivity index (χ2n) is 10.4. The fourth-order valence-corrected chi connectivity index (χ4v) is 3.89. The summed E-state index contributed by atoms with van der Waals surface area (Å²) in [6, 6.07) is 11.1. The lowest BCUT2D eigenvalue weighted by Crippen LogP contribution is -2.15. The van der Waals surface area contributed by atoms with E-state index in [2.05, 4.69) is 90.1 Å². The Balaban J connectivity index is 2.14. The quantitative estimate of drug-likeness (QED) is 0.379. The van der Waals surface area contributed by atoms with Crippen molar-refractivity contribution in [1.82, 2.24) is 14.4 Å². The third-order valence-corrected chi connectivity index (χ3v) is 5.51. The van der Waals surface area contributed by atoms with Crippen LogP contribution in [0.5, 0.6) is 0 Å². The molecule has 0 atom stereocenters. The Bertz CT molecular complexity index is 1210. The van der Waals surface area contributed by atoms with E-state index in [0.29, 0.717) is 0 Å². The first-order valence-electron chi connectivity index (χ1n) is 10.2. The van der Waals surface area contributed by atoms with E-state index in [-0.39, 0.29) is 10.8 Å². The molecule has 4 aromatic rings. The van der Waals surface area contributed by atoms with Gasteiger partial charge in [-0.15, -0.1) is 0 Å². The number of fused-ring (bicyclic) bond motifs is 5. The molecule has 0 fully saturated rings. The van der Waals surface area contributed by atoms with Gasteiger partial charge in [-0.2, -0.15) is 0 Å². The number of pyridine rings is 2. The molecule has 0 aliphatic heterocycles. The number of aryl methyl sites for hydroxylation is 2. The zero-order chi connectivity index (χ0) is 20.4. The van der Waals surface area contributed by atoms with E-state index in [1.807, 2.05) is 0 Å². The Kier molecular flexibility index (Phi) is 4.08. The topological polar surface area (TPSA) is 30.2 Å². The molecular weight excluding hydrogens is 342 g/mol. The Morgan fingerprint density at radius 1 is 0.821 bits per heavy atom. The Morgan fingerprint density at radius 3 is 2.14 bits per heavy atom. The molecular formula is C25H31N3. The molecule has 0 saturated carbocycles. The highest BCUT2D eigenvalue weighted by Gasteiger charge is 2.21. The Morgan fingerprint density at radius 2 is 1.50 bits per heavy atom. The molecule has 146 valence electrons. The molecule has 0 radical (unpaired) electrons. The summed E-state index contributed by atoms with van der Waals surface area (Å²) >= 11 is 0. The molecule has 3 heterocycles. The SMILES string of the molecule is Cc1cc2nc3c4ccc(C(C)(C)C)nc4cc(CC(C)(C)C)n3c2cc1C. The largest absolute Gasteiger partial charge is 0.296 e. The number of hydrogen-bond acceptors (Lipinski definition) is 2. The van der Waals surface area contributed by atoms with Gasteiger partial charge >= 0.3 is 0 Å². The fraction of sp³-hybridized carbons (Fsp3) is 0.440. The van der Waals surface area contributed by atoms with Crippen molar-refractivity contribution in [2.45, 2.75) is 67.2 Å². The summed E-state index contributed by atoms with van der Waals surface area (Å²) in [7, 11) is 0. The minimum atomic E-state index is 0.0267. The number of aromatic nitrogens is 3. The summed E-state index contributed by atoms with van der Waals surface area (Å²) in [6.07, 6.45) is 0.971. The smallest absolute Gasteiger partial charge is 0.147 e. The molecule has 0 N–H and O–H groups in total. The van der Waals surface area contributed by atoms with Gasteiger partial charge in [-0.3, -0.25) is 9.38 Å². The number of hydrogen-bond donors (Lipinski definition) is 0. The number of benzene rings is 1. The molecule has 1 aromatic carbocycles. The molecule has 0 saturated heterocycles. The van der Waals surface area contributed by atoms with Crippen LogP contribution in [0.3, 0.4) is 0 Å². The van der Waals surface area contributed by atoms with Crippen molar-refractivity contribution in [3.05, 3.63) is 52.8 Å². The maximum absolute atomic E-state index is 5.05. The van der Waals surface area contributed by atoms with Crippen molar-refractivity contribution in [3.8, 4) is 0 Å². The van der Waals surface area contributed by atoms with Crippen LogP contribution in [0, 0.1) is 19.3 Å². The van der Waals surface area contributed by atoms with E-state index in [0.717, 1.165) is 34.2 Å². The molecule has 0 spiro atoms. The summed E-state index contributed by atoms with van der Waals surface area (Å²) in [4.78, 5) is 10.1. The van der Waals surface area contributed by atoms with Gasteiger partial charge in [0.1, 0.15) is 5.65 Å². The number of imidazole rings is 1. The first-order chi connectivity index (χ1) is 12.9. The third-order valence-electron chi connectivity index (χ3n) is 5.51. The van der Waals surface area contributed by atoms with Gasteiger partial charge in [0, 0.05) is 22.2 Å².